The zero-order valence-electron chi connectivity index (χ0n) is 5.62. The molecule has 0 aliphatic heterocycles. The van der Waals surface area contributed by atoms with Crippen LogP contribution in [0, 0.1) is 0 Å². The average Bonchev–Trinajstić information content (AvgIpc) is 1.59. The fourth-order valence-corrected chi connectivity index (χ4v) is 0.340. The molecule has 0 spiro atoms. The standard InChI is InChI=1S/C5H12F2N2/c1-4(8)9-3-5(2,6)7/h4,9H,3,8H2,1-2H3. The summed E-state index contributed by atoms with van der Waals surface area (Å²) in [6.45, 7) is 2.11. The molecule has 2 nitrogen and oxygen atoms in total. The summed E-state index contributed by atoms with van der Waals surface area (Å²) in [5, 5.41) is 2.41. The molecule has 0 fully saturated rings. The molecule has 0 aliphatic carbocycles. The smallest absolute Gasteiger partial charge is 0.257 e. The van der Waals surface area contributed by atoms with E-state index < -0.39 is 5.92 Å². The van der Waals surface area contributed by atoms with Gasteiger partial charge < -0.3 is 5.73 Å². The molecular formula is C5H12F2N2. The van der Waals surface area contributed by atoms with Gasteiger partial charge in [0.1, 0.15) is 0 Å². The molecule has 0 bridgehead atoms. The number of nitrogens with two attached hydrogens (primary N) is 1. The summed E-state index contributed by atoms with van der Waals surface area (Å²) in [5.74, 6) is -2.66. The molecule has 0 aromatic rings. The van der Waals surface area contributed by atoms with Crippen molar-refractivity contribution in [1.29, 1.82) is 0 Å². The third-order valence-electron chi connectivity index (χ3n) is 0.734. The predicted octanol–water partition coefficient (Wildman–Crippen LogP) is 0.536. The van der Waals surface area contributed by atoms with Gasteiger partial charge in [-0.2, -0.15) is 0 Å². The van der Waals surface area contributed by atoms with Crippen LogP contribution in [0.5, 0.6) is 0 Å². The molecular weight excluding hydrogens is 126 g/mol. The van der Waals surface area contributed by atoms with Crippen LogP contribution in [-0.4, -0.2) is 18.6 Å². The summed E-state index contributed by atoms with van der Waals surface area (Å²) in [6, 6.07) is 0. The number of hydrogen-bond acceptors (Lipinski definition) is 2. The van der Waals surface area contributed by atoms with Crippen molar-refractivity contribution < 1.29 is 8.78 Å². The van der Waals surface area contributed by atoms with Crippen molar-refractivity contribution in [2.45, 2.75) is 25.9 Å². The van der Waals surface area contributed by atoms with E-state index in [0.717, 1.165) is 6.92 Å². The monoisotopic (exact) mass is 138 g/mol. The second-order valence-electron chi connectivity index (χ2n) is 2.24. The van der Waals surface area contributed by atoms with Gasteiger partial charge >= 0.3 is 0 Å². The zero-order chi connectivity index (χ0) is 7.49. The van der Waals surface area contributed by atoms with Crippen molar-refractivity contribution in [2.24, 2.45) is 5.73 Å². The number of hydrogen-bond donors (Lipinski definition) is 2. The van der Waals surface area contributed by atoms with Crippen molar-refractivity contribution in [2.75, 3.05) is 6.54 Å². The summed E-state index contributed by atoms with van der Waals surface area (Å²) >= 11 is 0. The summed E-state index contributed by atoms with van der Waals surface area (Å²) in [5.41, 5.74) is 5.16. The van der Waals surface area contributed by atoms with E-state index in [1.54, 1.807) is 6.92 Å². The van der Waals surface area contributed by atoms with Crippen LogP contribution >= 0.6 is 0 Å². The second kappa shape index (κ2) is 3.08. The van der Waals surface area contributed by atoms with Gasteiger partial charge in [-0.1, -0.05) is 0 Å². The van der Waals surface area contributed by atoms with Crippen LogP contribution in [0.3, 0.4) is 0 Å². The van der Waals surface area contributed by atoms with E-state index in [9.17, 15) is 8.78 Å². The van der Waals surface area contributed by atoms with Gasteiger partial charge in [-0.05, 0) is 6.92 Å². The molecule has 0 saturated heterocycles. The van der Waals surface area contributed by atoms with Gasteiger partial charge in [0.15, 0.2) is 0 Å². The van der Waals surface area contributed by atoms with E-state index in [1.807, 2.05) is 0 Å². The SMILES string of the molecule is CC(N)NCC(C)(F)F. The highest BCUT2D eigenvalue weighted by Gasteiger charge is 2.20. The molecule has 0 saturated carbocycles. The third-order valence-corrected chi connectivity index (χ3v) is 0.734. The highest BCUT2D eigenvalue weighted by Crippen LogP contribution is 2.08. The van der Waals surface area contributed by atoms with E-state index in [1.165, 1.54) is 0 Å². The van der Waals surface area contributed by atoms with Gasteiger partial charge in [0.25, 0.3) is 5.92 Å². The number of rotatable bonds is 3. The molecule has 0 aromatic heterocycles. The van der Waals surface area contributed by atoms with Crippen molar-refractivity contribution in [1.82, 2.24) is 5.32 Å². The van der Waals surface area contributed by atoms with Crippen molar-refractivity contribution >= 4 is 0 Å². The third kappa shape index (κ3) is 7.78. The van der Waals surface area contributed by atoms with Gasteiger partial charge in [-0.15, -0.1) is 0 Å². The lowest BCUT2D eigenvalue weighted by atomic mass is 10.4. The Balaban J connectivity index is 3.28. The lowest BCUT2D eigenvalue weighted by Gasteiger charge is -2.13. The Labute approximate surface area is 53.4 Å². The lowest BCUT2D eigenvalue weighted by Crippen LogP contribution is -2.40. The Morgan fingerprint density at radius 2 is 2.11 bits per heavy atom. The molecule has 0 aromatic carbocycles. The lowest BCUT2D eigenvalue weighted by molar-refractivity contribution is 0.0206. The first kappa shape index (κ1) is 8.78. The Hall–Kier alpha value is -0.220. The minimum Gasteiger partial charge on any atom is -0.316 e. The highest BCUT2D eigenvalue weighted by molar-refractivity contribution is 4.63. The zero-order valence-corrected chi connectivity index (χ0v) is 5.62. The molecule has 1 unspecified atom stereocenters. The first-order valence-corrected chi connectivity index (χ1v) is 2.78. The fourth-order valence-electron chi connectivity index (χ4n) is 0.340. The maximum Gasteiger partial charge on any atom is 0.257 e. The maximum atomic E-state index is 12.0. The molecule has 4 heteroatoms. The highest BCUT2D eigenvalue weighted by atomic mass is 19.3. The molecule has 56 valence electrons. The van der Waals surface area contributed by atoms with Gasteiger partial charge in [0.05, 0.1) is 12.7 Å². The minimum atomic E-state index is -2.66. The van der Waals surface area contributed by atoms with Crippen LogP contribution in [0.15, 0.2) is 0 Å². The Bertz CT molecular complexity index is 77.5. The molecule has 0 radical (unpaired) electrons. The Kier molecular flexibility index (Phi) is 3.00. The van der Waals surface area contributed by atoms with Gasteiger partial charge in [-0.25, -0.2) is 8.78 Å². The first-order valence-electron chi connectivity index (χ1n) is 2.78. The Morgan fingerprint density at radius 1 is 1.67 bits per heavy atom. The topological polar surface area (TPSA) is 38.0 Å². The molecule has 0 aliphatic rings. The summed E-state index contributed by atoms with van der Waals surface area (Å²) in [4.78, 5) is 0. The second-order valence-corrected chi connectivity index (χ2v) is 2.24. The molecule has 0 amide bonds. The van der Waals surface area contributed by atoms with Gasteiger partial charge in [-0.3, -0.25) is 5.32 Å². The average molecular weight is 138 g/mol. The van der Waals surface area contributed by atoms with E-state index in [4.69, 9.17) is 5.73 Å². The predicted molar refractivity (Wildman–Crippen MR) is 32.3 cm³/mol. The molecule has 1 atom stereocenters. The van der Waals surface area contributed by atoms with Crippen LogP contribution in [0.1, 0.15) is 13.8 Å². The molecule has 0 heterocycles. The van der Waals surface area contributed by atoms with Crippen molar-refractivity contribution in [3.05, 3.63) is 0 Å². The van der Waals surface area contributed by atoms with Crippen molar-refractivity contribution in [3.8, 4) is 0 Å². The van der Waals surface area contributed by atoms with Crippen LogP contribution in [0.4, 0.5) is 8.78 Å². The summed E-state index contributed by atoms with van der Waals surface area (Å²) in [7, 11) is 0. The minimum absolute atomic E-state index is 0.356. The van der Waals surface area contributed by atoms with E-state index in [-0.39, 0.29) is 12.7 Å². The first-order chi connectivity index (χ1) is 3.92. The van der Waals surface area contributed by atoms with Gasteiger partial charge in [0.2, 0.25) is 0 Å². The van der Waals surface area contributed by atoms with E-state index in [0.29, 0.717) is 0 Å². The van der Waals surface area contributed by atoms with E-state index >= 15 is 0 Å². The van der Waals surface area contributed by atoms with Crippen LogP contribution in [-0.2, 0) is 0 Å². The molecule has 9 heavy (non-hydrogen) atoms. The number of nitrogens with one attached hydrogen (secondary N) is 1. The maximum absolute atomic E-state index is 12.0. The molecule has 0 rings (SSSR count). The normalized spacial score (nSPS) is 15.7. The van der Waals surface area contributed by atoms with Crippen LogP contribution in [0.2, 0.25) is 0 Å². The fraction of sp³-hybridized carbons (Fsp3) is 1.00. The number of alkyl halides is 2. The Morgan fingerprint density at radius 3 is 2.22 bits per heavy atom. The quantitative estimate of drug-likeness (QED) is 0.558. The molecule has 3 N–H and O–H groups in total. The van der Waals surface area contributed by atoms with Crippen LogP contribution in [0.25, 0.3) is 0 Å². The van der Waals surface area contributed by atoms with Crippen molar-refractivity contribution in [3.63, 3.8) is 0 Å². The van der Waals surface area contributed by atoms with Crippen LogP contribution < -0.4 is 11.1 Å². The van der Waals surface area contributed by atoms with Gasteiger partial charge in [0, 0.05) is 6.92 Å². The number of halogens is 2. The van der Waals surface area contributed by atoms with E-state index in [2.05, 4.69) is 5.32 Å². The largest absolute Gasteiger partial charge is 0.316 e. The summed E-state index contributed by atoms with van der Waals surface area (Å²) in [6.07, 6.45) is -0.365. The summed E-state index contributed by atoms with van der Waals surface area (Å²) < 4.78 is 23.9.